The van der Waals surface area contributed by atoms with Crippen LogP contribution in [0.15, 0.2) is 194 Å². The maximum Gasteiger partial charge on any atom is 0.166 e. The van der Waals surface area contributed by atoms with Gasteiger partial charge in [0, 0.05) is 38.6 Å². The standard InChI is InChI=1S/C56H42B5N5/c57-49-48(50(58)52(60)53(61)51(49)59)56-64-54(36-21-11-4-12-22-36)63-55(65-56)42-29-38(44-31-39(34-17-7-2-8-18-34)30-43(62-44)35-19-9-3-10-20-35)26-28-46(42)66-45-24-14-13-23-40(45)41-27-25-37(32-47(41)66)33-15-5-1-6-16-33/h1-32H,57-61H2. The fourth-order valence-electron chi connectivity index (χ4n) is 9.50. The molecule has 10 heteroatoms. The van der Waals surface area contributed by atoms with E-state index in [2.05, 4.69) is 214 Å². The highest BCUT2D eigenvalue weighted by molar-refractivity contribution is 6.68. The summed E-state index contributed by atoms with van der Waals surface area (Å²) < 4.78 is 2.39. The third kappa shape index (κ3) is 7.25. The van der Waals surface area contributed by atoms with Crippen LogP contribution in [0.2, 0.25) is 0 Å². The first-order chi connectivity index (χ1) is 32.3. The van der Waals surface area contributed by atoms with Crippen molar-refractivity contribution in [1.29, 1.82) is 0 Å². The zero-order valence-corrected chi connectivity index (χ0v) is 37.7. The monoisotopic (exact) mass is 839 g/mol. The van der Waals surface area contributed by atoms with E-state index in [0.29, 0.717) is 17.5 Å². The van der Waals surface area contributed by atoms with Crippen molar-refractivity contribution in [3.8, 4) is 84.6 Å². The molecule has 0 unspecified atom stereocenters. The predicted octanol–water partition coefficient (Wildman–Crippen LogP) is 5.32. The molecule has 0 aliphatic heterocycles. The molecule has 0 fully saturated rings. The topological polar surface area (TPSA) is 56.5 Å². The minimum atomic E-state index is 0.582. The summed E-state index contributed by atoms with van der Waals surface area (Å²) in [5.41, 5.74) is 20.4. The van der Waals surface area contributed by atoms with Crippen molar-refractivity contribution in [2.45, 2.75) is 0 Å². The smallest absolute Gasteiger partial charge is 0.166 e. The summed E-state index contributed by atoms with van der Waals surface area (Å²) in [6.07, 6.45) is 0. The highest BCUT2D eigenvalue weighted by Crippen LogP contribution is 2.40. The van der Waals surface area contributed by atoms with Gasteiger partial charge in [0.15, 0.2) is 17.5 Å². The van der Waals surface area contributed by atoms with E-state index >= 15 is 0 Å². The van der Waals surface area contributed by atoms with Gasteiger partial charge in [-0.15, -0.1) is 16.4 Å². The van der Waals surface area contributed by atoms with Crippen LogP contribution in [0, 0.1) is 0 Å². The van der Waals surface area contributed by atoms with Crippen LogP contribution in [0.25, 0.3) is 106 Å². The molecular formula is C56H42B5N5. The average Bonchev–Trinajstić information content (AvgIpc) is 3.71. The van der Waals surface area contributed by atoms with Crippen LogP contribution in [0.1, 0.15) is 0 Å². The number of para-hydroxylation sites is 1. The van der Waals surface area contributed by atoms with Gasteiger partial charge in [-0.25, -0.2) is 19.9 Å². The Morgan fingerprint density at radius 2 is 0.788 bits per heavy atom. The van der Waals surface area contributed by atoms with Gasteiger partial charge in [0.1, 0.15) is 39.2 Å². The van der Waals surface area contributed by atoms with Crippen molar-refractivity contribution in [1.82, 2.24) is 24.5 Å². The number of aromatic nitrogens is 5. The first-order valence-electron chi connectivity index (χ1n) is 22.6. The summed E-state index contributed by atoms with van der Waals surface area (Å²) in [6.45, 7) is 0. The average molecular weight is 839 g/mol. The summed E-state index contributed by atoms with van der Waals surface area (Å²) in [5.74, 6) is 1.85. The van der Waals surface area contributed by atoms with Crippen LogP contribution in [0.4, 0.5) is 0 Å². The third-order valence-electron chi connectivity index (χ3n) is 13.4. The van der Waals surface area contributed by atoms with Gasteiger partial charge in [0.25, 0.3) is 0 Å². The summed E-state index contributed by atoms with van der Waals surface area (Å²) in [6, 6.07) is 68.4. The van der Waals surface area contributed by atoms with E-state index in [4.69, 9.17) is 19.9 Å². The van der Waals surface area contributed by atoms with Crippen LogP contribution in [-0.4, -0.2) is 63.7 Å². The third-order valence-corrected chi connectivity index (χ3v) is 13.4. The van der Waals surface area contributed by atoms with E-state index in [-0.39, 0.29) is 0 Å². The highest BCUT2D eigenvalue weighted by atomic mass is 15.1. The SMILES string of the molecule is Bc1c(B)c(B)c(-c2nc(-c3ccccc3)nc(-c3cc(-c4cc(-c5ccccc5)cc(-c5ccccc5)n4)ccc3-n3c4ccccc4c4ccc(-c5ccccc5)cc43)n2)c(B)c1B. The van der Waals surface area contributed by atoms with Gasteiger partial charge >= 0.3 is 0 Å². The number of nitrogens with zero attached hydrogens (tertiary/aromatic N) is 5. The van der Waals surface area contributed by atoms with E-state index in [1.807, 2.05) is 24.3 Å². The van der Waals surface area contributed by atoms with Crippen molar-refractivity contribution in [3.05, 3.63) is 194 Å². The lowest BCUT2D eigenvalue weighted by atomic mass is 9.60. The Morgan fingerprint density at radius 3 is 1.44 bits per heavy atom. The van der Waals surface area contributed by atoms with Gasteiger partial charge in [-0.05, 0) is 58.7 Å². The summed E-state index contributed by atoms with van der Waals surface area (Å²) >= 11 is 0. The Kier molecular flexibility index (Phi) is 10.4. The Balaban J connectivity index is 1.24. The van der Waals surface area contributed by atoms with Gasteiger partial charge in [-0.1, -0.05) is 169 Å². The highest BCUT2D eigenvalue weighted by Gasteiger charge is 2.23. The normalized spacial score (nSPS) is 11.3. The Hall–Kier alpha value is -7.96. The molecule has 0 spiro atoms. The maximum atomic E-state index is 5.54. The lowest BCUT2D eigenvalue weighted by Crippen LogP contribution is -2.55. The quantitative estimate of drug-likeness (QED) is 0.195. The van der Waals surface area contributed by atoms with E-state index in [0.717, 1.165) is 78.2 Å². The van der Waals surface area contributed by atoms with Gasteiger partial charge < -0.3 is 4.57 Å². The molecule has 5 nitrogen and oxygen atoms in total. The summed E-state index contributed by atoms with van der Waals surface area (Å²) in [4.78, 5) is 21.7. The van der Waals surface area contributed by atoms with E-state index in [1.54, 1.807) is 0 Å². The fourth-order valence-corrected chi connectivity index (χ4v) is 9.50. The van der Waals surface area contributed by atoms with Gasteiger partial charge in [-0.2, -0.15) is 0 Å². The second kappa shape index (κ2) is 16.9. The van der Waals surface area contributed by atoms with Crippen molar-refractivity contribution < 1.29 is 0 Å². The molecule has 0 atom stereocenters. The molecule has 0 bridgehead atoms. The first kappa shape index (κ1) is 40.8. The molecule has 0 aliphatic rings. The van der Waals surface area contributed by atoms with Gasteiger partial charge in [0.2, 0.25) is 0 Å². The molecule has 3 heterocycles. The first-order valence-corrected chi connectivity index (χ1v) is 22.6. The molecule has 0 saturated carbocycles. The molecule has 0 radical (unpaired) electrons. The molecule has 0 N–H and O–H groups in total. The molecule has 11 aromatic rings. The van der Waals surface area contributed by atoms with E-state index in [9.17, 15) is 0 Å². The van der Waals surface area contributed by atoms with Crippen molar-refractivity contribution >= 4 is 88.4 Å². The van der Waals surface area contributed by atoms with Crippen LogP contribution >= 0.6 is 0 Å². The predicted molar refractivity (Wildman–Crippen MR) is 291 cm³/mol. The number of pyridine rings is 1. The fraction of sp³-hybridized carbons (Fsp3) is 0. The molecular weight excluding hydrogens is 797 g/mol. The zero-order chi connectivity index (χ0) is 44.9. The number of rotatable bonds is 8. The van der Waals surface area contributed by atoms with Crippen LogP contribution in [0.5, 0.6) is 0 Å². The Morgan fingerprint density at radius 1 is 0.303 bits per heavy atom. The van der Waals surface area contributed by atoms with Crippen LogP contribution < -0.4 is 27.3 Å². The minimum absolute atomic E-state index is 0.582. The molecule has 3 aromatic heterocycles. The molecule has 0 aliphatic carbocycles. The van der Waals surface area contributed by atoms with E-state index in [1.165, 1.54) is 38.1 Å². The number of hydrogen-bond donors (Lipinski definition) is 0. The van der Waals surface area contributed by atoms with E-state index < -0.39 is 0 Å². The molecule has 11 rings (SSSR count). The lowest BCUT2D eigenvalue weighted by molar-refractivity contribution is 1.07. The second-order valence-corrected chi connectivity index (χ2v) is 17.2. The van der Waals surface area contributed by atoms with Gasteiger partial charge in [-0.3, -0.25) is 0 Å². The number of hydrogen-bond acceptors (Lipinski definition) is 4. The van der Waals surface area contributed by atoms with Gasteiger partial charge in [0.05, 0.1) is 28.1 Å². The second-order valence-electron chi connectivity index (χ2n) is 17.2. The molecule has 8 aromatic carbocycles. The summed E-state index contributed by atoms with van der Waals surface area (Å²) in [5, 5.41) is 2.34. The van der Waals surface area contributed by atoms with Crippen molar-refractivity contribution in [2.24, 2.45) is 0 Å². The van der Waals surface area contributed by atoms with Crippen molar-refractivity contribution in [3.63, 3.8) is 0 Å². The van der Waals surface area contributed by atoms with Crippen LogP contribution in [0.3, 0.4) is 0 Å². The molecule has 0 saturated heterocycles. The lowest BCUT2D eigenvalue weighted by Gasteiger charge is -2.20. The molecule has 0 amide bonds. The zero-order valence-electron chi connectivity index (χ0n) is 37.7. The number of fused-ring (bicyclic) bond motifs is 3. The largest absolute Gasteiger partial charge is 0.308 e. The Bertz CT molecular complexity index is 3550. The summed E-state index contributed by atoms with van der Waals surface area (Å²) in [7, 11) is 11.0. The van der Waals surface area contributed by atoms with Crippen molar-refractivity contribution in [2.75, 3.05) is 0 Å². The van der Waals surface area contributed by atoms with Crippen LogP contribution in [-0.2, 0) is 0 Å². The maximum absolute atomic E-state index is 5.54. The molecule has 66 heavy (non-hydrogen) atoms. The molecule has 306 valence electrons. The Labute approximate surface area is 389 Å². The minimum Gasteiger partial charge on any atom is -0.308 e. The number of benzene rings is 8.